The molecule has 0 unspecified atom stereocenters. The third-order valence-corrected chi connectivity index (χ3v) is 3.30. The van der Waals surface area contributed by atoms with Gasteiger partial charge < -0.3 is 15.1 Å². The number of amides is 2. The highest BCUT2D eigenvalue weighted by Gasteiger charge is 2.11. The molecule has 2 amide bonds. The third kappa shape index (κ3) is 3.87. The van der Waals surface area contributed by atoms with Crippen molar-refractivity contribution in [3.8, 4) is 11.5 Å². The highest BCUT2D eigenvalue weighted by Crippen LogP contribution is 2.19. The van der Waals surface area contributed by atoms with Gasteiger partial charge in [0.2, 0.25) is 0 Å². The Bertz CT molecular complexity index is 788. The van der Waals surface area contributed by atoms with Gasteiger partial charge in [0.05, 0.1) is 18.5 Å². The van der Waals surface area contributed by atoms with Crippen molar-refractivity contribution in [2.24, 2.45) is 0 Å². The second-order valence-corrected chi connectivity index (χ2v) is 5.08. The number of nitrogens with zero attached hydrogens (tertiary/aromatic N) is 2. The molecule has 3 rings (SSSR count). The lowest BCUT2D eigenvalue weighted by Crippen LogP contribution is -2.28. The summed E-state index contributed by atoms with van der Waals surface area (Å²) in [6.07, 6.45) is 4.71. The first-order valence-corrected chi connectivity index (χ1v) is 7.24. The number of urea groups is 1. The van der Waals surface area contributed by atoms with E-state index in [1.54, 1.807) is 55.1 Å². The average molecular weight is 329 g/mol. The zero-order valence-electron chi connectivity index (χ0n) is 12.0. The fourth-order valence-corrected chi connectivity index (χ4v) is 2.11. The zero-order valence-corrected chi connectivity index (χ0v) is 12.7. The molecular formula is C16H13ClN4O2. The summed E-state index contributed by atoms with van der Waals surface area (Å²) in [5.41, 5.74) is 1.87. The number of halogens is 1. The molecule has 1 aromatic carbocycles. The lowest BCUT2D eigenvalue weighted by atomic mass is 10.2. The van der Waals surface area contributed by atoms with Crippen LogP contribution in [0.3, 0.4) is 0 Å². The molecule has 6 nitrogen and oxygen atoms in total. The molecular weight excluding hydrogens is 316 g/mol. The fourth-order valence-electron chi connectivity index (χ4n) is 1.99. The van der Waals surface area contributed by atoms with Gasteiger partial charge >= 0.3 is 6.03 Å². The molecule has 0 bridgehead atoms. The maximum Gasteiger partial charge on any atom is 0.319 e. The van der Waals surface area contributed by atoms with E-state index in [0.717, 1.165) is 0 Å². The summed E-state index contributed by atoms with van der Waals surface area (Å²) in [5.74, 6) is 0.605. The van der Waals surface area contributed by atoms with E-state index in [2.05, 4.69) is 20.6 Å². The molecule has 2 heterocycles. The second-order valence-electron chi connectivity index (χ2n) is 4.64. The van der Waals surface area contributed by atoms with Crippen LogP contribution in [-0.2, 0) is 6.54 Å². The van der Waals surface area contributed by atoms with Crippen molar-refractivity contribution in [1.29, 1.82) is 0 Å². The van der Waals surface area contributed by atoms with Gasteiger partial charge in [-0.3, -0.25) is 4.98 Å². The van der Waals surface area contributed by atoms with Gasteiger partial charge in [-0.15, -0.1) is 0 Å². The number of nitrogens with one attached hydrogen (secondary N) is 2. The van der Waals surface area contributed by atoms with Gasteiger partial charge in [0, 0.05) is 23.1 Å². The third-order valence-electron chi connectivity index (χ3n) is 3.05. The molecule has 3 aromatic rings. The van der Waals surface area contributed by atoms with Crippen LogP contribution < -0.4 is 10.6 Å². The van der Waals surface area contributed by atoms with Crippen LogP contribution in [0, 0.1) is 0 Å². The first-order chi connectivity index (χ1) is 11.2. The quantitative estimate of drug-likeness (QED) is 0.765. The first-order valence-electron chi connectivity index (χ1n) is 6.86. The number of carbonyl (C=O) groups is 1. The van der Waals surface area contributed by atoms with Crippen molar-refractivity contribution in [1.82, 2.24) is 15.3 Å². The predicted molar refractivity (Wildman–Crippen MR) is 87.0 cm³/mol. The van der Waals surface area contributed by atoms with Crippen LogP contribution in [0.5, 0.6) is 0 Å². The van der Waals surface area contributed by atoms with E-state index < -0.39 is 0 Å². The Morgan fingerprint density at radius 2 is 1.91 bits per heavy atom. The van der Waals surface area contributed by atoms with E-state index in [4.69, 9.17) is 16.0 Å². The van der Waals surface area contributed by atoms with E-state index >= 15 is 0 Å². The summed E-state index contributed by atoms with van der Waals surface area (Å²) in [5, 5.41) is 6.06. The Hall–Kier alpha value is -2.86. The van der Waals surface area contributed by atoms with Gasteiger partial charge in [-0.05, 0) is 36.4 Å². The van der Waals surface area contributed by atoms with Crippen molar-refractivity contribution in [3.05, 3.63) is 65.8 Å². The molecule has 116 valence electrons. The van der Waals surface area contributed by atoms with Gasteiger partial charge in [0.15, 0.2) is 5.76 Å². The fraction of sp³-hybridized carbons (Fsp3) is 0.0625. The minimum atomic E-state index is -0.344. The molecule has 23 heavy (non-hydrogen) atoms. The standard InChI is InChI=1S/C16H13ClN4O2/c17-11-3-5-12(6-4-11)21-16(22)20-10-13-15(19-8-7-18-13)14-2-1-9-23-14/h1-9H,10H2,(H2,20,21,22). The van der Waals surface area contributed by atoms with Crippen LogP contribution in [0.25, 0.3) is 11.5 Å². The monoisotopic (exact) mass is 328 g/mol. The van der Waals surface area contributed by atoms with Gasteiger partial charge in [0.1, 0.15) is 5.69 Å². The summed E-state index contributed by atoms with van der Waals surface area (Å²) >= 11 is 5.80. The lowest BCUT2D eigenvalue weighted by Gasteiger charge is -2.09. The zero-order chi connectivity index (χ0) is 16.1. The first kappa shape index (κ1) is 15.1. The van der Waals surface area contributed by atoms with E-state index in [1.807, 2.05) is 0 Å². The highest BCUT2D eigenvalue weighted by atomic mass is 35.5. The summed E-state index contributed by atoms with van der Waals surface area (Å²) in [4.78, 5) is 20.4. The number of aromatic nitrogens is 2. The number of carbonyl (C=O) groups excluding carboxylic acids is 1. The topological polar surface area (TPSA) is 80.1 Å². The molecule has 0 fully saturated rings. The maximum atomic E-state index is 11.9. The smallest absolute Gasteiger partial charge is 0.319 e. The maximum absolute atomic E-state index is 11.9. The molecule has 2 N–H and O–H groups in total. The van der Waals surface area contributed by atoms with Gasteiger partial charge in [-0.25, -0.2) is 9.78 Å². The Labute approximate surface area is 137 Å². The van der Waals surface area contributed by atoms with E-state index in [1.165, 1.54) is 0 Å². The van der Waals surface area contributed by atoms with Crippen molar-refractivity contribution in [2.75, 3.05) is 5.32 Å². The SMILES string of the molecule is O=C(NCc1nccnc1-c1ccco1)Nc1ccc(Cl)cc1. The van der Waals surface area contributed by atoms with Gasteiger partial charge in [-0.2, -0.15) is 0 Å². The molecule has 0 atom stereocenters. The number of hydrogen-bond acceptors (Lipinski definition) is 4. The van der Waals surface area contributed by atoms with Crippen molar-refractivity contribution in [2.45, 2.75) is 6.54 Å². The highest BCUT2D eigenvalue weighted by molar-refractivity contribution is 6.30. The van der Waals surface area contributed by atoms with Crippen molar-refractivity contribution in [3.63, 3.8) is 0 Å². The number of rotatable bonds is 4. The molecule has 0 saturated carbocycles. The summed E-state index contributed by atoms with van der Waals surface area (Å²) in [6.45, 7) is 0.225. The molecule has 0 aliphatic heterocycles. The van der Waals surface area contributed by atoms with Crippen LogP contribution in [0.15, 0.2) is 59.5 Å². The van der Waals surface area contributed by atoms with Crippen molar-refractivity contribution >= 4 is 23.3 Å². The molecule has 0 saturated heterocycles. The molecule has 0 aliphatic carbocycles. The van der Waals surface area contributed by atoms with Crippen LogP contribution in [0.2, 0.25) is 5.02 Å². The minimum Gasteiger partial charge on any atom is -0.463 e. The number of benzene rings is 1. The molecule has 0 radical (unpaired) electrons. The Kier molecular flexibility index (Phi) is 4.54. The summed E-state index contributed by atoms with van der Waals surface area (Å²) < 4.78 is 5.33. The second kappa shape index (κ2) is 6.93. The van der Waals surface area contributed by atoms with E-state index in [0.29, 0.717) is 27.9 Å². The number of anilines is 1. The van der Waals surface area contributed by atoms with E-state index in [-0.39, 0.29) is 12.6 Å². The predicted octanol–water partition coefficient (Wildman–Crippen LogP) is 3.71. The van der Waals surface area contributed by atoms with Gasteiger partial charge in [0.25, 0.3) is 0 Å². The van der Waals surface area contributed by atoms with E-state index in [9.17, 15) is 4.79 Å². The number of furan rings is 1. The molecule has 2 aromatic heterocycles. The number of hydrogen-bond donors (Lipinski definition) is 2. The lowest BCUT2D eigenvalue weighted by molar-refractivity contribution is 0.251. The molecule has 0 spiro atoms. The summed E-state index contributed by atoms with van der Waals surface area (Å²) in [6, 6.07) is 10.1. The average Bonchev–Trinajstić information content (AvgIpc) is 3.10. The Morgan fingerprint density at radius 1 is 1.13 bits per heavy atom. The Balaban J connectivity index is 1.64. The molecule has 7 heteroatoms. The normalized spacial score (nSPS) is 10.3. The molecule has 0 aliphatic rings. The summed E-state index contributed by atoms with van der Waals surface area (Å²) in [7, 11) is 0. The van der Waals surface area contributed by atoms with Crippen LogP contribution >= 0.6 is 11.6 Å². The van der Waals surface area contributed by atoms with Crippen LogP contribution in [0.4, 0.5) is 10.5 Å². The van der Waals surface area contributed by atoms with Crippen molar-refractivity contribution < 1.29 is 9.21 Å². The van der Waals surface area contributed by atoms with Gasteiger partial charge in [-0.1, -0.05) is 11.6 Å². The largest absolute Gasteiger partial charge is 0.463 e. The minimum absolute atomic E-state index is 0.225. The van der Waals surface area contributed by atoms with Crippen LogP contribution in [-0.4, -0.2) is 16.0 Å². The Morgan fingerprint density at radius 3 is 2.65 bits per heavy atom. The van der Waals surface area contributed by atoms with Crippen LogP contribution in [0.1, 0.15) is 5.69 Å².